The Kier molecular flexibility index (Phi) is 6.18. The second-order valence-electron chi connectivity index (χ2n) is 7.79. The first kappa shape index (κ1) is 20.2. The number of unbranched alkanes of at least 4 members (excludes halogenated alkanes) is 2. The van der Waals surface area contributed by atoms with Crippen LogP contribution in [0.2, 0.25) is 0 Å². The number of aromatic nitrogens is 1. The Bertz CT molecular complexity index is 1170. The number of ketones is 1. The number of fused-ring (bicyclic) bond motifs is 2. The van der Waals surface area contributed by atoms with Gasteiger partial charge in [0.2, 0.25) is 0 Å². The van der Waals surface area contributed by atoms with Crippen LogP contribution in [-0.4, -0.2) is 17.0 Å². The molecule has 30 heavy (non-hydrogen) atoms. The number of aryl methyl sites for hydroxylation is 1. The highest BCUT2D eigenvalue weighted by Crippen LogP contribution is 2.32. The zero-order valence-electron chi connectivity index (χ0n) is 17.9. The topological polar surface area (TPSA) is 31.2 Å². The minimum Gasteiger partial charge on any atom is -0.493 e. The van der Waals surface area contributed by atoms with Crippen LogP contribution in [0.5, 0.6) is 5.75 Å². The Morgan fingerprint density at radius 2 is 1.50 bits per heavy atom. The smallest absolute Gasteiger partial charge is 0.195 e. The van der Waals surface area contributed by atoms with Gasteiger partial charge in [-0.3, -0.25) is 4.79 Å². The summed E-state index contributed by atoms with van der Waals surface area (Å²) < 4.78 is 8.22. The van der Waals surface area contributed by atoms with E-state index in [4.69, 9.17) is 4.74 Å². The first-order valence-electron chi connectivity index (χ1n) is 11.0. The third kappa shape index (κ3) is 3.85. The average Bonchev–Trinajstić information content (AvgIpc) is 3.16. The summed E-state index contributed by atoms with van der Waals surface area (Å²) in [5.41, 5.74) is 2.62. The van der Waals surface area contributed by atoms with Crippen LogP contribution in [0.15, 0.2) is 66.9 Å². The molecule has 4 rings (SSSR count). The van der Waals surface area contributed by atoms with Crippen molar-refractivity contribution in [3.8, 4) is 5.75 Å². The summed E-state index contributed by atoms with van der Waals surface area (Å²) in [6.45, 7) is 5.96. The van der Waals surface area contributed by atoms with Crippen molar-refractivity contribution in [3.63, 3.8) is 0 Å². The van der Waals surface area contributed by atoms with Gasteiger partial charge in [-0.1, -0.05) is 69.2 Å². The summed E-state index contributed by atoms with van der Waals surface area (Å²) in [6.07, 6.45) is 6.37. The molecule has 0 aliphatic rings. The van der Waals surface area contributed by atoms with Gasteiger partial charge in [0.15, 0.2) is 5.78 Å². The highest BCUT2D eigenvalue weighted by Gasteiger charge is 2.19. The number of hydrogen-bond acceptors (Lipinski definition) is 2. The summed E-state index contributed by atoms with van der Waals surface area (Å²) in [7, 11) is 0. The van der Waals surface area contributed by atoms with Crippen molar-refractivity contribution >= 4 is 27.5 Å². The number of ether oxygens (including phenoxy) is 1. The zero-order chi connectivity index (χ0) is 20.9. The lowest BCUT2D eigenvalue weighted by molar-refractivity contribution is 0.104. The lowest BCUT2D eigenvalue weighted by Crippen LogP contribution is -2.04. The third-order valence-electron chi connectivity index (χ3n) is 5.67. The van der Waals surface area contributed by atoms with Crippen LogP contribution in [0.1, 0.15) is 55.5 Å². The average molecular weight is 400 g/mol. The Morgan fingerprint density at radius 1 is 0.800 bits per heavy atom. The fourth-order valence-electron chi connectivity index (χ4n) is 4.01. The summed E-state index contributed by atoms with van der Waals surface area (Å²) in [5.74, 6) is 0.915. The van der Waals surface area contributed by atoms with Crippen molar-refractivity contribution in [3.05, 3.63) is 78.0 Å². The maximum absolute atomic E-state index is 13.7. The van der Waals surface area contributed by atoms with Crippen LogP contribution in [0.4, 0.5) is 0 Å². The van der Waals surface area contributed by atoms with Gasteiger partial charge >= 0.3 is 0 Å². The molecule has 1 aromatic heterocycles. The maximum Gasteiger partial charge on any atom is 0.195 e. The molecule has 154 valence electrons. The van der Waals surface area contributed by atoms with E-state index in [0.29, 0.717) is 6.61 Å². The van der Waals surface area contributed by atoms with Gasteiger partial charge in [-0.05, 0) is 36.4 Å². The van der Waals surface area contributed by atoms with Gasteiger partial charge in [-0.15, -0.1) is 0 Å². The second-order valence-corrected chi connectivity index (χ2v) is 7.79. The first-order chi connectivity index (χ1) is 14.7. The molecule has 1 heterocycles. The van der Waals surface area contributed by atoms with Crippen molar-refractivity contribution < 1.29 is 9.53 Å². The monoisotopic (exact) mass is 399 g/mol. The number of carbonyl (C=O) groups excluding carboxylic acids is 1. The summed E-state index contributed by atoms with van der Waals surface area (Å²) in [5, 5.41) is 2.96. The fourth-order valence-corrected chi connectivity index (χ4v) is 4.01. The molecule has 3 heteroatoms. The second kappa shape index (κ2) is 9.17. The van der Waals surface area contributed by atoms with Crippen molar-refractivity contribution in [2.75, 3.05) is 6.61 Å². The predicted octanol–water partition coefficient (Wildman–Crippen LogP) is 7.00. The van der Waals surface area contributed by atoms with E-state index in [1.54, 1.807) is 0 Å². The molecule has 3 aromatic carbocycles. The molecule has 0 N–H and O–H groups in total. The largest absolute Gasteiger partial charge is 0.493 e. The molecule has 0 atom stereocenters. The quantitative estimate of drug-likeness (QED) is 0.224. The summed E-state index contributed by atoms with van der Waals surface area (Å²) in [4.78, 5) is 13.7. The Balaban J connectivity index is 1.78. The minimum atomic E-state index is 0.0674. The molecular formula is C27H29NO2. The Labute approximate surface area is 178 Å². The van der Waals surface area contributed by atoms with Crippen LogP contribution in [0, 0.1) is 0 Å². The maximum atomic E-state index is 13.7. The normalized spacial score (nSPS) is 11.3. The van der Waals surface area contributed by atoms with E-state index < -0.39 is 0 Å². The van der Waals surface area contributed by atoms with Crippen LogP contribution in [0.3, 0.4) is 0 Å². The number of para-hydroxylation sites is 1. The molecule has 3 nitrogen and oxygen atoms in total. The van der Waals surface area contributed by atoms with E-state index >= 15 is 0 Å². The number of nitrogens with zero attached hydrogens (tertiary/aromatic N) is 1. The first-order valence-corrected chi connectivity index (χ1v) is 11.0. The van der Waals surface area contributed by atoms with Gasteiger partial charge in [-0.2, -0.15) is 0 Å². The lowest BCUT2D eigenvalue weighted by atomic mass is 9.96. The molecular weight excluding hydrogens is 370 g/mol. The molecule has 4 aromatic rings. The molecule has 0 saturated heterocycles. The molecule has 0 saturated carbocycles. The summed E-state index contributed by atoms with van der Waals surface area (Å²) >= 11 is 0. The predicted molar refractivity (Wildman–Crippen MR) is 125 cm³/mol. The number of benzene rings is 3. The lowest BCUT2D eigenvalue weighted by Gasteiger charge is -2.12. The number of carbonyl (C=O) groups is 1. The van der Waals surface area contributed by atoms with E-state index in [1.165, 1.54) is 0 Å². The van der Waals surface area contributed by atoms with Gasteiger partial charge < -0.3 is 9.30 Å². The van der Waals surface area contributed by atoms with Gasteiger partial charge in [0, 0.05) is 40.2 Å². The molecule has 0 radical (unpaired) electrons. The number of hydrogen-bond donors (Lipinski definition) is 0. The standard InChI is InChI=1S/C27H29NO2/c1-3-5-17-28-19-24(21-12-9-10-14-25(21)28)27(29)23-15-16-26(30-18-6-4-2)22-13-8-7-11-20(22)23/h7-16,19H,3-6,17-18H2,1-2H3. The van der Waals surface area contributed by atoms with Crippen molar-refractivity contribution in [2.45, 2.75) is 46.1 Å². The molecule has 0 bridgehead atoms. The SMILES string of the molecule is CCCCOc1ccc(C(=O)c2cn(CCCC)c3ccccc23)c2ccccc12. The Morgan fingerprint density at radius 3 is 2.27 bits per heavy atom. The van der Waals surface area contributed by atoms with Gasteiger partial charge in [-0.25, -0.2) is 0 Å². The minimum absolute atomic E-state index is 0.0674. The van der Waals surface area contributed by atoms with Gasteiger partial charge in [0.25, 0.3) is 0 Å². The fraction of sp³-hybridized carbons (Fsp3) is 0.296. The molecule has 0 fully saturated rings. The van der Waals surface area contributed by atoms with Crippen molar-refractivity contribution in [1.82, 2.24) is 4.57 Å². The van der Waals surface area contributed by atoms with Crippen LogP contribution < -0.4 is 4.74 Å². The zero-order valence-corrected chi connectivity index (χ0v) is 17.9. The van der Waals surface area contributed by atoms with Crippen LogP contribution in [0.25, 0.3) is 21.7 Å². The van der Waals surface area contributed by atoms with Crippen LogP contribution >= 0.6 is 0 Å². The molecule has 0 aliphatic heterocycles. The van der Waals surface area contributed by atoms with Crippen molar-refractivity contribution in [1.29, 1.82) is 0 Å². The van der Waals surface area contributed by atoms with E-state index in [2.05, 4.69) is 30.5 Å². The van der Waals surface area contributed by atoms with Crippen LogP contribution in [-0.2, 0) is 6.54 Å². The molecule has 0 aliphatic carbocycles. The molecule has 0 unspecified atom stereocenters. The van der Waals surface area contributed by atoms with Gasteiger partial charge in [0.1, 0.15) is 5.75 Å². The van der Waals surface area contributed by atoms with Crippen molar-refractivity contribution in [2.24, 2.45) is 0 Å². The molecule has 0 spiro atoms. The third-order valence-corrected chi connectivity index (χ3v) is 5.67. The van der Waals surface area contributed by atoms with E-state index in [0.717, 1.165) is 70.8 Å². The van der Waals surface area contributed by atoms with E-state index in [-0.39, 0.29) is 5.78 Å². The summed E-state index contributed by atoms with van der Waals surface area (Å²) in [6, 6.07) is 20.1. The molecule has 0 amide bonds. The number of rotatable bonds is 9. The Hall–Kier alpha value is -3.07. The van der Waals surface area contributed by atoms with E-state index in [1.807, 2.05) is 54.7 Å². The van der Waals surface area contributed by atoms with E-state index in [9.17, 15) is 4.79 Å². The van der Waals surface area contributed by atoms with Gasteiger partial charge in [0.05, 0.1) is 6.61 Å². The highest BCUT2D eigenvalue weighted by atomic mass is 16.5. The highest BCUT2D eigenvalue weighted by molar-refractivity contribution is 6.21.